The second-order valence-corrected chi connectivity index (χ2v) is 8.43. The van der Waals surface area contributed by atoms with Crippen LogP contribution in [0.4, 0.5) is 0 Å². The molecule has 0 bridgehead atoms. The van der Waals surface area contributed by atoms with Gasteiger partial charge in [-0.3, -0.25) is 14.5 Å². The maximum atomic E-state index is 13.1. The fourth-order valence-corrected chi connectivity index (χ4v) is 5.51. The van der Waals surface area contributed by atoms with Crippen molar-refractivity contribution in [1.29, 1.82) is 0 Å². The van der Waals surface area contributed by atoms with Crippen molar-refractivity contribution in [3.05, 3.63) is 53.8 Å². The van der Waals surface area contributed by atoms with E-state index in [0.29, 0.717) is 17.4 Å². The molecule has 152 valence electrons. The number of nitrogens with one attached hydrogen (secondary N) is 1. The number of alkyl halides is 1. The van der Waals surface area contributed by atoms with Gasteiger partial charge in [0, 0.05) is 25.0 Å². The first-order valence-electron chi connectivity index (χ1n) is 10.1. The van der Waals surface area contributed by atoms with E-state index >= 15 is 0 Å². The van der Waals surface area contributed by atoms with Crippen molar-refractivity contribution < 1.29 is 14.3 Å². The zero-order chi connectivity index (χ0) is 20.1. The lowest BCUT2D eigenvalue weighted by Gasteiger charge is -2.46. The van der Waals surface area contributed by atoms with Crippen molar-refractivity contribution in [2.24, 2.45) is 11.8 Å². The van der Waals surface area contributed by atoms with E-state index in [1.165, 1.54) is 4.90 Å². The highest BCUT2D eigenvalue weighted by Crippen LogP contribution is 2.48. The van der Waals surface area contributed by atoms with Gasteiger partial charge in [-0.1, -0.05) is 35.9 Å². The van der Waals surface area contributed by atoms with Crippen LogP contribution in [-0.2, 0) is 9.59 Å². The molecule has 0 aromatic heterocycles. The topological polar surface area (TPSA) is 61.9 Å². The number of hydrogen-bond donors (Lipinski definition) is 1. The largest absolute Gasteiger partial charge is 0.478 e. The summed E-state index contributed by atoms with van der Waals surface area (Å²) in [5.41, 5.74) is 1.46. The standard InChI is InChI=1S/C22H24ClN3O3/c1-25-11-19(27)26-18(22(25)28)10-16-15-7-2-3-8-17(15)24-20(16)21(26)13-5-4-6-14(9-13)29-12-23/h3-6,8-10,15-17,20-21,24H,2,7,11-12H2,1H3. The zero-order valence-corrected chi connectivity index (χ0v) is 17.0. The van der Waals surface area contributed by atoms with Gasteiger partial charge in [-0.2, -0.15) is 0 Å². The van der Waals surface area contributed by atoms with Crippen LogP contribution < -0.4 is 10.1 Å². The van der Waals surface area contributed by atoms with Crippen molar-refractivity contribution in [2.75, 3.05) is 19.7 Å². The Morgan fingerprint density at radius 1 is 1.31 bits per heavy atom. The Morgan fingerprint density at radius 3 is 3.00 bits per heavy atom. The number of nitrogens with zero attached hydrogens (tertiary/aromatic N) is 2. The molecule has 2 saturated heterocycles. The third-order valence-corrected chi connectivity index (χ3v) is 6.73. The van der Waals surface area contributed by atoms with Crippen LogP contribution in [0.5, 0.6) is 5.75 Å². The third kappa shape index (κ3) is 2.97. The Labute approximate surface area is 175 Å². The molecule has 5 atom stereocenters. The molecule has 4 aliphatic rings. The van der Waals surface area contributed by atoms with Crippen LogP contribution in [0.3, 0.4) is 0 Å². The van der Waals surface area contributed by atoms with E-state index in [1.807, 2.05) is 30.3 Å². The molecule has 1 aromatic carbocycles. The summed E-state index contributed by atoms with van der Waals surface area (Å²) in [7, 11) is 1.69. The Kier molecular flexibility index (Phi) is 4.63. The van der Waals surface area contributed by atoms with Crippen molar-refractivity contribution in [2.45, 2.75) is 31.0 Å². The van der Waals surface area contributed by atoms with Crippen LogP contribution in [0, 0.1) is 11.8 Å². The molecule has 2 fully saturated rings. The summed E-state index contributed by atoms with van der Waals surface area (Å²) < 4.78 is 5.48. The minimum Gasteiger partial charge on any atom is -0.478 e. The number of carbonyl (C=O) groups is 2. The summed E-state index contributed by atoms with van der Waals surface area (Å²) in [5, 5.41) is 3.76. The number of piperazine rings is 1. The normalized spacial score (nSPS) is 33.2. The maximum Gasteiger partial charge on any atom is 0.270 e. The average Bonchev–Trinajstić information content (AvgIpc) is 3.09. The molecule has 0 saturated carbocycles. The second-order valence-electron chi connectivity index (χ2n) is 8.21. The number of benzene rings is 1. The van der Waals surface area contributed by atoms with E-state index in [-0.39, 0.29) is 48.5 Å². The summed E-state index contributed by atoms with van der Waals surface area (Å²) in [6.07, 6.45) is 8.64. The number of fused-ring (bicyclic) bond motifs is 4. The van der Waals surface area contributed by atoms with Crippen LogP contribution in [0.2, 0.25) is 0 Å². The van der Waals surface area contributed by atoms with Gasteiger partial charge < -0.3 is 15.0 Å². The molecule has 7 heteroatoms. The lowest BCUT2D eigenvalue weighted by Crippen LogP contribution is -2.58. The SMILES string of the molecule is CN1CC(=O)N2C(=CC3C4CCC=CC4NC3C2c2cccc(OCCl)c2)C1=O. The lowest BCUT2D eigenvalue weighted by atomic mass is 9.75. The van der Waals surface area contributed by atoms with Gasteiger partial charge in [0.05, 0.1) is 6.04 Å². The number of allylic oxidation sites excluding steroid dienone is 1. The molecule has 0 spiro atoms. The first kappa shape index (κ1) is 18.7. The lowest BCUT2D eigenvalue weighted by molar-refractivity contribution is -0.147. The fraction of sp³-hybridized carbons (Fsp3) is 0.455. The van der Waals surface area contributed by atoms with Gasteiger partial charge in [-0.05, 0) is 42.5 Å². The first-order chi connectivity index (χ1) is 14.1. The van der Waals surface area contributed by atoms with Crippen molar-refractivity contribution in [3.8, 4) is 5.75 Å². The zero-order valence-electron chi connectivity index (χ0n) is 16.3. The Hall–Kier alpha value is -2.31. The van der Waals surface area contributed by atoms with E-state index in [1.54, 1.807) is 11.9 Å². The van der Waals surface area contributed by atoms with Gasteiger partial charge in [0.25, 0.3) is 5.91 Å². The van der Waals surface area contributed by atoms with E-state index < -0.39 is 0 Å². The number of ether oxygens (including phenoxy) is 1. The van der Waals surface area contributed by atoms with Crippen LogP contribution in [0.25, 0.3) is 0 Å². The summed E-state index contributed by atoms with van der Waals surface area (Å²) >= 11 is 5.75. The van der Waals surface area contributed by atoms with E-state index in [0.717, 1.165) is 18.4 Å². The average molecular weight is 414 g/mol. The maximum absolute atomic E-state index is 13.1. The molecule has 1 N–H and O–H groups in total. The fourth-order valence-electron chi connectivity index (χ4n) is 5.38. The monoisotopic (exact) mass is 413 g/mol. The highest BCUT2D eigenvalue weighted by atomic mass is 35.5. The molecule has 1 aromatic rings. The van der Waals surface area contributed by atoms with Crippen LogP contribution >= 0.6 is 11.6 Å². The van der Waals surface area contributed by atoms with Gasteiger partial charge in [0.1, 0.15) is 18.0 Å². The van der Waals surface area contributed by atoms with Crippen molar-refractivity contribution in [3.63, 3.8) is 0 Å². The van der Waals surface area contributed by atoms with Crippen LogP contribution in [0.15, 0.2) is 48.2 Å². The van der Waals surface area contributed by atoms with E-state index in [4.69, 9.17) is 16.3 Å². The van der Waals surface area contributed by atoms with E-state index in [9.17, 15) is 9.59 Å². The predicted molar refractivity (Wildman–Crippen MR) is 109 cm³/mol. The van der Waals surface area contributed by atoms with Crippen LogP contribution in [0.1, 0.15) is 24.4 Å². The van der Waals surface area contributed by atoms with Gasteiger partial charge in [0.2, 0.25) is 5.91 Å². The van der Waals surface area contributed by atoms with Crippen molar-refractivity contribution in [1.82, 2.24) is 15.1 Å². The molecule has 3 aliphatic heterocycles. The Balaban J connectivity index is 1.63. The predicted octanol–water partition coefficient (Wildman–Crippen LogP) is 2.42. The number of likely N-dealkylation sites (N-methyl/N-ethyl adjacent to an activating group) is 1. The Morgan fingerprint density at radius 2 is 2.17 bits per heavy atom. The summed E-state index contributed by atoms with van der Waals surface area (Å²) in [6, 6.07) is 7.81. The summed E-state index contributed by atoms with van der Waals surface area (Å²) in [6.45, 7) is 0.0920. The number of carbonyl (C=O) groups excluding carboxylic acids is 2. The smallest absolute Gasteiger partial charge is 0.270 e. The molecule has 3 heterocycles. The molecule has 5 rings (SSSR count). The quantitative estimate of drug-likeness (QED) is 0.610. The summed E-state index contributed by atoms with van der Waals surface area (Å²) in [4.78, 5) is 29.3. The number of halogens is 1. The molecule has 5 unspecified atom stereocenters. The highest BCUT2D eigenvalue weighted by Gasteiger charge is 2.53. The molecule has 0 radical (unpaired) electrons. The molecule has 2 amide bonds. The van der Waals surface area contributed by atoms with E-state index in [2.05, 4.69) is 17.5 Å². The number of hydrogen-bond acceptors (Lipinski definition) is 4. The van der Waals surface area contributed by atoms with Crippen LogP contribution in [-0.4, -0.2) is 53.4 Å². The van der Waals surface area contributed by atoms with Gasteiger partial charge in [0.15, 0.2) is 6.07 Å². The first-order valence-corrected chi connectivity index (χ1v) is 10.6. The second kappa shape index (κ2) is 7.18. The molecule has 1 aliphatic carbocycles. The third-order valence-electron chi connectivity index (χ3n) is 6.62. The molecular formula is C22H24ClN3O3. The Bertz CT molecular complexity index is 914. The highest BCUT2D eigenvalue weighted by molar-refractivity contribution is 6.17. The summed E-state index contributed by atoms with van der Waals surface area (Å²) in [5.74, 6) is 1.14. The number of rotatable bonds is 3. The molecular weight excluding hydrogens is 390 g/mol. The van der Waals surface area contributed by atoms with Gasteiger partial charge in [-0.25, -0.2) is 0 Å². The minimum atomic E-state index is -0.261. The van der Waals surface area contributed by atoms with Gasteiger partial charge in [-0.15, -0.1) is 0 Å². The minimum absolute atomic E-state index is 0.0444. The van der Waals surface area contributed by atoms with Gasteiger partial charge >= 0.3 is 0 Å². The molecule has 29 heavy (non-hydrogen) atoms. The molecule has 6 nitrogen and oxygen atoms in total. The van der Waals surface area contributed by atoms with Crippen molar-refractivity contribution >= 4 is 23.4 Å². The number of amides is 2.